The smallest absolute Gasteiger partial charge is 0.0640 e. The number of benzene rings is 2. The molecule has 4 heteroatoms. The van der Waals surface area contributed by atoms with Crippen LogP contribution in [-0.4, -0.2) is 12.8 Å². The number of nitrogens with zero attached hydrogens (tertiary/aromatic N) is 2. The van der Waals surface area contributed by atoms with Crippen LogP contribution in [0, 0.1) is 18.3 Å². The number of halogens is 1. The van der Waals surface area contributed by atoms with Crippen LogP contribution in [0.2, 0.25) is 5.02 Å². The van der Waals surface area contributed by atoms with Crippen molar-refractivity contribution in [2.75, 3.05) is 11.9 Å². The molecule has 0 unspecified atom stereocenters. The zero-order valence-corrected chi connectivity index (χ0v) is 12.6. The molecule has 0 heterocycles. The summed E-state index contributed by atoms with van der Waals surface area (Å²) in [4.78, 5) is 4.42. The topological polar surface area (TPSA) is 48.2 Å². The lowest BCUT2D eigenvalue weighted by atomic mass is 10.1. The highest BCUT2D eigenvalue weighted by Crippen LogP contribution is 2.18. The molecular formula is C17H16ClN3. The fourth-order valence-electron chi connectivity index (χ4n) is 1.89. The molecule has 2 rings (SSSR count). The maximum atomic E-state index is 8.54. The van der Waals surface area contributed by atoms with Crippen molar-refractivity contribution >= 4 is 29.2 Å². The molecule has 0 bridgehead atoms. The Balaban J connectivity index is 2.06. The van der Waals surface area contributed by atoms with E-state index in [1.165, 1.54) is 0 Å². The third-order valence-electron chi connectivity index (χ3n) is 2.99. The maximum Gasteiger partial charge on any atom is 0.0640 e. The van der Waals surface area contributed by atoms with Crippen molar-refractivity contribution in [2.45, 2.75) is 13.3 Å². The summed E-state index contributed by atoms with van der Waals surface area (Å²) in [5.41, 5.74) is 4.09. The van der Waals surface area contributed by atoms with Crippen LogP contribution in [0.3, 0.4) is 0 Å². The molecule has 3 nitrogen and oxygen atoms in total. The molecule has 2 aromatic rings. The highest BCUT2D eigenvalue weighted by atomic mass is 35.5. The molecule has 2 aromatic carbocycles. The molecule has 0 saturated heterocycles. The minimum Gasteiger partial charge on any atom is -0.384 e. The third-order valence-corrected chi connectivity index (χ3v) is 3.24. The van der Waals surface area contributed by atoms with Crippen molar-refractivity contribution in [3.63, 3.8) is 0 Å². The Morgan fingerprint density at radius 1 is 1.24 bits per heavy atom. The second kappa shape index (κ2) is 7.47. The van der Waals surface area contributed by atoms with Crippen LogP contribution in [0.15, 0.2) is 47.5 Å². The van der Waals surface area contributed by atoms with Gasteiger partial charge in [0.15, 0.2) is 0 Å². The Labute approximate surface area is 129 Å². The minimum absolute atomic E-state index is 0.499. The predicted octanol–water partition coefficient (Wildman–Crippen LogP) is 4.72. The summed E-state index contributed by atoms with van der Waals surface area (Å²) in [5.74, 6) is 0. The number of aryl methyl sites for hydroxylation is 1. The van der Waals surface area contributed by atoms with Gasteiger partial charge < -0.3 is 5.32 Å². The molecule has 0 saturated carbocycles. The molecule has 0 aliphatic rings. The van der Waals surface area contributed by atoms with Crippen molar-refractivity contribution in [3.05, 3.63) is 58.6 Å². The zero-order chi connectivity index (χ0) is 15.1. The van der Waals surface area contributed by atoms with Crippen molar-refractivity contribution < 1.29 is 0 Å². The molecule has 0 aliphatic carbocycles. The summed E-state index contributed by atoms with van der Waals surface area (Å²) < 4.78 is 0. The lowest BCUT2D eigenvalue weighted by molar-refractivity contribution is 1.07. The van der Waals surface area contributed by atoms with E-state index in [4.69, 9.17) is 16.9 Å². The second-order valence-electron chi connectivity index (χ2n) is 4.64. The largest absolute Gasteiger partial charge is 0.384 e. The van der Waals surface area contributed by atoms with Gasteiger partial charge in [-0.15, -0.1) is 0 Å². The SMILES string of the molecule is Cc1cc(C=Nc2ccc(Cl)cc2)ccc1NCCC#N. The lowest BCUT2D eigenvalue weighted by Gasteiger charge is -2.08. The number of hydrogen-bond donors (Lipinski definition) is 1. The van der Waals surface area contributed by atoms with Gasteiger partial charge in [-0.05, 0) is 54.4 Å². The molecular weight excluding hydrogens is 282 g/mol. The van der Waals surface area contributed by atoms with Gasteiger partial charge in [0.25, 0.3) is 0 Å². The summed E-state index contributed by atoms with van der Waals surface area (Å²) in [6.07, 6.45) is 2.33. The summed E-state index contributed by atoms with van der Waals surface area (Å²) in [6.45, 7) is 2.70. The van der Waals surface area contributed by atoms with Gasteiger partial charge in [-0.1, -0.05) is 17.7 Å². The highest BCUT2D eigenvalue weighted by molar-refractivity contribution is 6.30. The Hall–Kier alpha value is -2.31. The van der Waals surface area contributed by atoms with Gasteiger partial charge >= 0.3 is 0 Å². The van der Waals surface area contributed by atoms with E-state index in [1.807, 2.05) is 49.5 Å². The molecule has 21 heavy (non-hydrogen) atoms. The first kappa shape index (κ1) is 15.1. The summed E-state index contributed by atoms with van der Waals surface area (Å²) >= 11 is 5.84. The summed E-state index contributed by atoms with van der Waals surface area (Å²) in [6, 6.07) is 15.6. The first-order chi connectivity index (χ1) is 10.2. The average Bonchev–Trinajstić information content (AvgIpc) is 2.49. The van der Waals surface area contributed by atoms with Gasteiger partial charge in [0.05, 0.1) is 18.2 Å². The van der Waals surface area contributed by atoms with E-state index in [9.17, 15) is 0 Å². The summed E-state index contributed by atoms with van der Waals surface area (Å²) in [5, 5.41) is 12.5. The molecule has 0 aliphatic heterocycles. The van der Waals surface area contributed by atoms with E-state index in [0.29, 0.717) is 18.0 Å². The summed E-state index contributed by atoms with van der Waals surface area (Å²) in [7, 11) is 0. The minimum atomic E-state index is 0.499. The zero-order valence-electron chi connectivity index (χ0n) is 11.8. The average molecular weight is 298 g/mol. The first-order valence-corrected chi connectivity index (χ1v) is 7.08. The van der Waals surface area contributed by atoms with Crippen LogP contribution in [-0.2, 0) is 0 Å². The Morgan fingerprint density at radius 3 is 2.67 bits per heavy atom. The van der Waals surface area contributed by atoms with Gasteiger partial charge in [-0.25, -0.2) is 0 Å². The van der Waals surface area contributed by atoms with Crippen molar-refractivity contribution in [1.82, 2.24) is 0 Å². The van der Waals surface area contributed by atoms with Gasteiger partial charge in [-0.2, -0.15) is 5.26 Å². The van der Waals surface area contributed by atoms with E-state index in [1.54, 1.807) is 0 Å². The number of nitriles is 1. The van der Waals surface area contributed by atoms with E-state index in [-0.39, 0.29) is 0 Å². The molecule has 0 radical (unpaired) electrons. The maximum absolute atomic E-state index is 8.54. The van der Waals surface area contributed by atoms with E-state index in [2.05, 4.69) is 22.4 Å². The van der Waals surface area contributed by atoms with E-state index < -0.39 is 0 Å². The fourth-order valence-corrected chi connectivity index (χ4v) is 2.02. The third kappa shape index (κ3) is 4.62. The van der Waals surface area contributed by atoms with Gasteiger partial charge in [0.2, 0.25) is 0 Å². The van der Waals surface area contributed by atoms with E-state index >= 15 is 0 Å². The fraction of sp³-hybridized carbons (Fsp3) is 0.176. The second-order valence-corrected chi connectivity index (χ2v) is 5.08. The highest BCUT2D eigenvalue weighted by Gasteiger charge is 1.98. The Kier molecular flexibility index (Phi) is 5.36. The monoisotopic (exact) mass is 297 g/mol. The van der Waals surface area contributed by atoms with Crippen LogP contribution >= 0.6 is 11.6 Å². The number of hydrogen-bond acceptors (Lipinski definition) is 3. The number of nitrogens with one attached hydrogen (secondary N) is 1. The quantitative estimate of drug-likeness (QED) is 0.641. The molecule has 106 valence electrons. The van der Waals surface area contributed by atoms with Crippen LogP contribution in [0.1, 0.15) is 17.5 Å². The predicted molar refractivity (Wildman–Crippen MR) is 88.6 cm³/mol. The van der Waals surface area contributed by atoms with Gasteiger partial charge in [-0.3, -0.25) is 4.99 Å². The van der Waals surface area contributed by atoms with Gasteiger partial charge in [0.1, 0.15) is 0 Å². The molecule has 1 N–H and O–H groups in total. The molecule has 0 fully saturated rings. The Bertz CT molecular complexity index is 669. The van der Waals surface area contributed by atoms with Crippen molar-refractivity contribution in [2.24, 2.45) is 4.99 Å². The standard InChI is InChI=1S/C17H16ClN3/c1-13-11-14(3-8-17(13)20-10-2-9-19)12-21-16-6-4-15(18)5-7-16/h3-8,11-12,20H,2,10H2,1H3. The van der Waals surface area contributed by atoms with Crippen LogP contribution in [0.4, 0.5) is 11.4 Å². The van der Waals surface area contributed by atoms with Crippen LogP contribution < -0.4 is 5.32 Å². The number of rotatable bonds is 5. The Morgan fingerprint density at radius 2 is 2.00 bits per heavy atom. The molecule has 0 atom stereocenters. The number of aliphatic imine (C=N–C) groups is 1. The van der Waals surface area contributed by atoms with Crippen LogP contribution in [0.5, 0.6) is 0 Å². The van der Waals surface area contributed by atoms with Gasteiger partial charge in [0, 0.05) is 23.5 Å². The lowest BCUT2D eigenvalue weighted by Crippen LogP contribution is -2.02. The molecule has 0 spiro atoms. The molecule has 0 amide bonds. The first-order valence-electron chi connectivity index (χ1n) is 6.70. The van der Waals surface area contributed by atoms with Crippen molar-refractivity contribution in [3.8, 4) is 6.07 Å². The van der Waals surface area contributed by atoms with Crippen LogP contribution in [0.25, 0.3) is 0 Å². The number of anilines is 1. The molecule has 0 aromatic heterocycles. The van der Waals surface area contributed by atoms with E-state index in [0.717, 1.165) is 22.5 Å². The normalized spacial score (nSPS) is 10.5. The van der Waals surface area contributed by atoms with Crippen molar-refractivity contribution in [1.29, 1.82) is 5.26 Å².